The van der Waals surface area contributed by atoms with Crippen LogP contribution in [0.25, 0.3) is 0 Å². The predicted molar refractivity (Wildman–Crippen MR) is 80.5 cm³/mol. The van der Waals surface area contributed by atoms with Crippen molar-refractivity contribution in [3.05, 3.63) is 51.7 Å². The Morgan fingerprint density at radius 3 is 2.84 bits per heavy atom. The largest absolute Gasteiger partial charge is 0.494 e. The van der Waals surface area contributed by atoms with Gasteiger partial charge >= 0.3 is 0 Å². The highest BCUT2D eigenvalue weighted by atomic mass is 32.1. The molecule has 1 atom stereocenters. The van der Waals surface area contributed by atoms with Crippen molar-refractivity contribution in [3.8, 4) is 5.75 Å². The highest BCUT2D eigenvalue weighted by molar-refractivity contribution is 7.10. The molecule has 19 heavy (non-hydrogen) atoms. The predicted octanol–water partition coefficient (Wildman–Crippen LogP) is 3.40. The van der Waals surface area contributed by atoms with Crippen LogP contribution in [0.5, 0.6) is 5.75 Å². The summed E-state index contributed by atoms with van der Waals surface area (Å²) in [5, 5.41) is 2.09. The fourth-order valence-corrected chi connectivity index (χ4v) is 2.80. The van der Waals surface area contributed by atoms with Crippen molar-refractivity contribution < 1.29 is 4.74 Å². The third kappa shape index (κ3) is 3.35. The van der Waals surface area contributed by atoms with Gasteiger partial charge in [-0.3, -0.25) is 5.84 Å². The Bertz CT molecular complexity index is 524. The summed E-state index contributed by atoms with van der Waals surface area (Å²) in [6.07, 6.45) is 1.01. The first kappa shape index (κ1) is 14.1. The second kappa shape index (κ2) is 6.70. The molecule has 3 nitrogen and oxygen atoms in total. The highest BCUT2D eigenvalue weighted by Crippen LogP contribution is 2.29. The van der Waals surface area contributed by atoms with Gasteiger partial charge in [-0.2, -0.15) is 0 Å². The number of aryl methyl sites for hydroxylation is 1. The lowest BCUT2D eigenvalue weighted by Gasteiger charge is -2.17. The monoisotopic (exact) mass is 276 g/mol. The van der Waals surface area contributed by atoms with Gasteiger partial charge in [-0.15, -0.1) is 11.3 Å². The molecule has 2 rings (SSSR count). The molecule has 0 fully saturated rings. The normalized spacial score (nSPS) is 12.4. The number of hydrogen-bond acceptors (Lipinski definition) is 4. The van der Waals surface area contributed by atoms with E-state index in [2.05, 4.69) is 42.9 Å². The van der Waals surface area contributed by atoms with Crippen molar-refractivity contribution in [1.29, 1.82) is 0 Å². The lowest BCUT2D eigenvalue weighted by Crippen LogP contribution is -2.28. The molecule has 0 aliphatic carbocycles. The number of hydrazine groups is 1. The zero-order valence-electron chi connectivity index (χ0n) is 11.3. The van der Waals surface area contributed by atoms with Crippen LogP contribution in [0.4, 0.5) is 0 Å². The van der Waals surface area contributed by atoms with E-state index in [-0.39, 0.29) is 6.04 Å². The van der Waals surface area contributed by atoms with E-state index < -0.39 is 0 Å². The number of thiophene rings is 1. The maximum atomic E-state index is 5.73. The molecule has 1 aromatic carbocycles. The van der Waals surface area contributed by atoms with E-state index in [9.17, 15) is 0 Å². The second-order valence-electron chi connectivity index (χ2n) is 4.45. The van der Waals surface area contributed by atoms with Crippen LogP contribution in [-0.2, 0) is 0 Å². The fourth-order valence-electron chi connectivity index (χ4n) is 2.06. The van der Waals surface area contributed by atoms with E-state index in [4.69, 9.17) is 10.6 Å². The zero-order chi connectivity index (χ0) is 13.7. The summed E-state index contributed by atoms with van der Waals surface area (Å²) >= 11 is 1.73. The number of rotatable bonds is 6. The van der Waals surface area contributed by atoms with E-state index in [1.54, 1.807) is 11.3 Å². The lowest BCUT2D eigenvalue weighted by molar-refractivity contribution is 0.317. The summed E-state index contributed by atoms with van der Waals surface area (Å²) in [7, 11) is 0. The first-order valence-corrected chi connectivity index (χ1v) is 7.37. The van der Waals surface area contributed by atoms with Crippen molar-refractivity contribution in [3.63, 3.8) is 0 Å². The van der Waals surface area contributed by atoms with Crippen LogP contribution in [0, 0.1) is 6.92 Å². The van der Waals surface area contributed by atoms with Gasteiger partial charge in [0.2, 0.25) is 0 Å². The Morgan fingerprint density at radius 2 is 2.21 bits per heavy atom. The van der Waals surface area contributed by atoms with Gasteiger partial charge in [-0.05, 0) is 48.1 Å². The molecule has 4 heteroatoms. The zero-order valence-corrected chi connectivity index (χ0v) is 12.2. The molecule has 102 valence electrons. The minimum Gasteiger partial charge on any atom is -0.494 e. The van der Waals surface area contributed by atoms with Crippen LogP contribution in [0.1, 0.15) is 35.4 Å². The Labute approximate surface area is 118 Å². The average molecular weight is 276 g/mol. The molecule has 0 spiro atoms. The molecule has 0 amide bonds. The van der Waals surface area contributed by atoms with Crippen LogP contribution >= 0.6 is 11.3 Å². The number of benzene rings is 1. The molecule has 0 aliphatic heterocycles. The summed E-state index contributed by atoms with van der Waals surface area (Å²) in [5.74, 6) is 6.62. The quantitative estimate of drug-likeness (QED) is 0.628. The maximum absolute atomic E-state index is 5.73. The van der Waals surface area contributed by atoms with Gasteiger partial charge in [0.25, 0.3) is 0 Å². The molecule has 0 aliphatic rings. The van der Waals surface area contributed by atoms with E-state index in [0.29, 0.717) is 0 Å². The Balaban J connectivity index is 2.26. The molecular formula is C15H20N2OS. The molecule has 0 saturated heterocycles. The van der Waals surface area contributed by atoms with Crippen LogP contribution in [0.15, 0.2) is 35.7 Å². The standard InChI is InChI=1S/C15H20N2OS/c1-3-8-18-13-6-4-5-12(10-13)15(17-16)14-7-9-19-11(14)2/h4-7,9-10,15,17H,3,8,16H2,1-2H3. The van der Waals surface area contributed by atoms with Gasteiger partial charge in [0.05, 0.1) is 12.6 Å². The maximum Gasteiger partial charge on any atom is 0.119 e. The first-order chi connectivity index (χ1) is 9.26. The number of nitrogens with two attached hydrogens (primary N) is 1. The molecule has 3 N–H and O–H groups in total. The van der Waals surface area contributed by atoms with Gasteiger partial charge in [0.15, 0.2) is 0 Å². The number of nitrogens with one attached hydrogen (secondary N) is 1. The van der Waals surface area contributed by atoms with E-state index >= 15 is 0 Å². The summed E-state index contributed by atoms with van der Waals surface area (Å²) in [5.41, 5.74) is 5.24. The van der Waals surface area contributed by atoms with Crippen molar-refractivity contribution in [2.24, 2.45) is 5.84 Å². The highest BCUT2D eigenvalue weighted by Gasteiger charge is 2.15. The van der Waals surface area contributed by atoms with Crippen molar-refractivity contribution in [2.75, 3.05) is 6.61 Å². The Hall–Kier alpha value is -1.36. The van der Waals surface area contributed by atoms with E-state index in [1.807, 2.05) is 12.1 Å². The molecule has 1 unspecified atom stereocenters. The summed E-state index contributed by atoms with van der Waals surface area (Å²) < 4.78 is 5.67. The van der Waals surface area contributed by atoms with Gasteiger partial charge in [-0.25, -0.2) is 5.43 Å². The van der Waals surface area contributed by atoms with Gasteiger partial charge in [-0.1, -0.05) is 19.1 Å². The third-order valence-electron chi connectivity index (χ3n) is 3.04. The molecule has 1 aromatic heterocycles. The topological polar surface area (TPSA) is 47.3 Å². The lowest BCUT2D eigenvalue weighted by atomic mass is 10.00. The SMILES string of the molecule is CCCOc1cccc(C(NN)c2ccsc2C)c1. The fraction of sp³-hybridized carbons (Fsp3) is 0.333. The van der Waals surface area contributed by atoms with Gasteiger partial charge in [0.1, 0.15) is 5.75 Å². The van der Waals surface area contributed by atoms with Gasteiger partial charge in [0, 0.05) is 4.88 Å². The number of hydrogen-bond donors (Lipinski definition) is 2. The third-order valence-corrected chi connectivity index (χ3v) is 3.90. The summed E-state index contributed by atoms with van der Waals surface area (Å²) in [6.45, 7) is 4.95. The second-order valence-corrected chi connectivity index (χ2v) is 5.57. The molecule has 0 saturated carbocycles. The molecule has 1 heterocycles. The molecule has 2 aromatic rings. The van der Waals surface area contributed by atoms with Crippen LogP contribution < -0.4 is 16.0 Å². The average Bonchev–Trinajstić information content (AvgIpc) is 2.84. The molecular weight excluding hydrogens is 256 g/mol. The summed E-state index contributed by atoms with van der Waals surface area (Å²) in [6, 6.07) is 10.2. The smallest absolute Gasteiger partial charge is 0.119 e. The van der Waals surface area contributed by atoms with E-state index in [0.717, 1.165) is 24.3 Å². The minimum atomic E-state index is 0.0106. The first-order valence-electron chi connectivity index (χ1n) is 6.49. The Morgan fingerprint density at radius 1 is 1.37 bits per heavy atom. The molecule has 0 radical (unpaired) electrons. The van der Waals surface area contributed by atoms with Crippen LogP contribution in [0.2, 0.25) is 0 Å². The van der Waals surface area contributed by atoms with Gasteiger partial charge < -0.3 is 4.74 Å². The van der Waals surface area contributed by atoms with Crippen molar-refractivity contribution in [1.82, 2.24) is 5.43 Å². The molecule has 0 bridgehead atoms. The number of ether oxygens (including phenoxy) is 1. The van der Waals surface area contributed by atoms with Crippen molar-refractivity contribution >= 4 is 11.3 Å². The van der Waals surface area contributed by atoms with E-state index in [1.165, 1.54) is 10.4 Å². The Kier molecular flexibility index (Phi) is 4.96. The minimum absolute atomic E-state index is 0.0106. The van der Waals surface area contributed by atoms with Crippen molar-refractivity contribution in [2.45, 2.75) is 26.3 Å². The van der Waals surface area contributed by atoms with Crippen LogP contribution in [-0.4, -0.2) is 6.61 Å². The summed E-state index contributed by atoms with van der Waals surface area (Å²) in [4.78, 5) is 1.28. The van der Waals surface area contributed by atoms with Crippen LogP contribution in [0.3, 0.4) is 0 Å².